The first-order chi connectivity index (χ1) is 9.79. The van der Waals surface area contributed by atoms with E-state index in [9.17, 15) is 0 Å². The predicted molar refractivity (Wildman–Crippen MR) is 87.3 cm³/mol. The number of nitrogens with zero attached hydrogens (tertiary/aromatic N) is 2. The van der Waals surface area contributed by atoms with Crippen molar-refractivity contribution in [1.82, 2.24) is 9.80 Å². The van der Waals surface area contributed by atoms with Crippen LogP contribution in [0.15, 0.2) is 30.3 Å². The molecule has 0 bridgehead atoms. The molecule has 0 radical (unpaired) electrons. The zero-order valence-electron chi connectivity index (χ0n) is 13.0. The Labute approximate surface area is 124 Å². The van der Waals surface area contributed by atoms with Crippen molar-refractivity contribution < 1.29 is 0 Å². The number of rotatable bonds is 7. The van der Waals surface area contributed by atoms with E-state index < -0.39 is 0 Å². The van der Waals surface area contributed by atoms with Gasteiger partial charge in [-0.15, -0.1) is 0 Å². The Bertz CT molecular complexity index is 358. The fourth-order valence-corrected chi connectivity index (χ4v) is 2.98. The minimum Gasteiger partial charge on any atom is -0.385 e. The summed E-state index contributed by atoms with van der Waals surface area (Å²) in [6, 6.07) is 11.3. The molecule has 3 nitrogen and oxygen atoms in total. The molecule has 1 aromatic carbocycles. The van der Waals surface area contributed by atoms with E-state index in [1.54, 1.807) is 0 Å². The molecule has 0 aromatic heterocycles. The molecule has 112 valence electrons. The highest BCUT2D eigenvalue weighted by Crippen LogP contribution is 2.15. The molecule has 0 amide bonds. The number of para-hydroxylation sites is 1. The topological polar surface area (TPSA) is 18.5 Å². The maximum atomic E-state index is 3.48. The van der Waals surface area contributed by atoms with Gasteiger partial charge in [0.1, 0.15) is 0 Å². The number of piperidine rings is 1. The average molecular weight is 275 g/mol. The smallest absolute Gasteiger partial charge is 0.0340 e. The van der Waals surface area contributed by atoms with Crippen molar-refractivity contribution in [2.75, 3.05) is 45.1 Å². The van der Waals surface area contributed by atoms with Crippen molar-refractivity contribution in [2.45, 2.75) is 32.2 Å². The summed E-state index contributed by atoms with van der Waals surface area (Å²) in [5, 5.41) is 3.48. The number of likely N-dealkylation sites (tertiary alicyclic amines) is 1. The van der Waals surface area contributed by atoms with Crippen molar-refractivity contribution in [2.24, 2.45) is 0 Å². The molecule has 0 aliphatic carbocycles. The summed E-state index contributed by atoms with van der Waals surface area (Å²) >= 11 is 0. The number of hydrogen-bond acceptors (Lipinski definition) is 3. The van der Waals surface area contributed by atoms with Gasteiger partial charge in [0, 0.05) is 18.3 Å². The lowest BCUT2D eigenvalue weighted by Crippen LogP contribution is -2.43. The van der Waals surface area contributed by atoms with E-state index >= 15 is 0 Å². The minimum absolute atomic E-state index is 0.787. The van der Waals surface area contributed by atoms with E-state index in [1.165, 1.54) is 51.1 Å². The molecular formula is C17H29N3. The van der Waals surface area contributed by atoms with Crippen molar-refractivity contribution in [1.29, 1.82) is 0 Å². The number of anilines is 1. The monoisotopic (exact) mass is 275 g/mol. The maximum Gasteiger partial charge on any atom is 0.0340 e. The molecule has 1 aliphatic heterocycles. The van der Waals surface area contributed by atoms with Crippen LogP contribution in [0.25, 0.3) is 0 Å². The molecule has 0 saturated carbocycles. The van der Waals surface area contributed by atoms with Crippen LogP contribution in [0, 0.1) is 0 Å². The van der Waals surface area contributed by atoms with Gasteiger partial charge in [0.2, 0.25) is 0 Å². The van der Waals surface area contributed by atoms with E-state index in [-0.39, 0.29) is 0 Å². The third kappa shape index (κ3) is 4.80. The van der Waals surface area contributed by atoms with Gasteiger partial charge in [0.25, 0.3) is 0 Å². The van der Waals surface area contributed by atoms with Crippen molar-refractivity contribution in [3.05, 3.63) is 30.3 Å². The van der Waals surface area contributed by atoms with Crippen LogP contribution in [0.3, 0.4) is 0 Å². The van der Waals surface area contributed by atoms with Crippen LogP contribution in [-0.4, -0.2) is 55.6 Å². The third-order valence-corrected chi connectivity index (χ3v) is 4.42. The largest absolute Gasteiger partial charge is 0.385 e. The minimum atomic E-state index is 0.787. The third-order valence-electron chi connectivity index (χ3n) is 4.42. The molecule has 2 rings (SSSR count). The Hall–Kier alpha value is -1.06. The van der Waals surface area contributed by atoms with Crippen molar-refractivity contribution >= 4 is 5.69 Å². The molecule has 1 fully saturated rings. The quantitative estimate of drug-likeness (QED) is 0.772. The van der Waals surface area contributed by atoms with Gasteiger partial charge in [-0.3, -0.25) is 0 Å². The van der Waals surface area contributed by atoms with Gasteiger partial charge in [-0.25, -0.2) is 0 Å². The zero-order valence-corrected chi connectivity index (χ0v) is 13.0. The van der Waals surface area contributed by atoms with Gasteiger partial charge in [-0.2, -0.15) is 0 Å². The first-order valence-electron chi connectivity index (χ1n) is 8.01. The van der Waals surface area contributed by atoms with E-state index in [0.717, 1.165) is 12.6 Å². The molecule has 0 unspecified atom stereocenters. The van der Waals surface area contributed by atoms with Crippen molar-refractivity contribution in [3.63, 3.8) is 0 Å². The van der Waals surface area contributed by atoms with Crippen molar-refractivity contribution in [3.8, 4) is 0 Å². The Morgan fingerprint density at radius 1 is 1.20 bits per heavy atom. The summed E-state index contributed by atoms with van der Waals surface area (Å²) < 4.78 is 0. The van der Waals surface area contributed by atoms with Gasteiger partial charge in [0.15, 0.2) is 0 Å². The van der Waals surface area contributed by atoms with E-state index in [1.807, 2.05) is 0 Å². The van der Waals surface area contributed by atoms with Gasteiger partial charge in [-0.1, -0.05) is 25.1 Å². The fourth-order valence-electron chi connectivity index (χ4n) is 2.98. The van der Waals surface area contributed by atoms with Gasteiger partial charge in [0.05, 0.1) is 0 Å². The molecule has 20 heavy (non-hydrogen) atoms. The highest BCUT2D eigenvalue weighted by molar-refractivity contribution is 5.42. The second-order valence-corrected chi connectivity index (χ2v) is 5.79. The van der Waals surface area contributed by atoms with Crippen LogP contribution < -0.4 is 5.32 Å². The zero-order chi connectivity index (χ0) is 14.2. The summed E-state index contributed by atoms with van der Waals surface area (Å²) in [6.07, 6.45) is 3.87. The van der Waals surface area contributed by atoms with Crippen LogP contribution >= 0.6 is 0 Å². The number of benzene rings is 1. The molecule has 1 N–H and O–H groups in total. The summed E-state index contributed by atoms with van der Waals surface area (Å²) in [6.45, 7) is 8.26. The highest BCUT2D eigenvalue weighted by Gasteiger charge is 2.20. The average Bonchev–Trinajstić information content (AvgIpc) is 2.52. The van der Waals surface area contributed by atoms with Crippen LogP contribution in [0.1, 0.15) is 26.2 Å². The second-order valence-electron chi connectivity index (χ2n) is 5.79. The lowest BCUT2D eigenvalue weighted by Gasteiger charge is -2.36. The molecule has 1 heterocycles. The Balaban J connectivity index is 1.59. The van der Waals surface area contributed by atoms with Crippen LogP contribution in [0.5, 0.6) is 0 Å². The Kier molecular flexibility index (Phi) is 6.34. The van der Waals surface area contributed by atoms with Gasteiger partial charge < -0.3 is 15.1 Å². The van der Waals surface area contributed by atoms with E-state index in [0.29, 0.717) is 0 Å². The SMILES string of the molecule is CCN1CCC(N(C)CCCNc2ccccc2)CC1. The normalized spacial score (nSPS) is 17.6. The molecule has 1 aliphatic rings. The van der Waals surface area contributed by atoms with Crippen LogP contribution in [0.2, 0.25) is 0 Å². The maximum absolute atomic E-state index is 3.48. The summed E-state index contributed by atoms with van der Waals surface area (Å²) in [5.41, 5.74) is 1.23. The van der Waals surface area contributed by atoms with E-state index in [4.69, 9.17) is 0 Å². The fraction of sp³-hybridized carbons (Fsp3) is 0.647. The number of nitrogens with one attached hydrogen (secondary N) is 1. The highest BCUT2D eigenvalue weighted by atomic mass is 15.2. The standard InChI is InChI=1S/C17H29N3/c1-3-20-14-10-17(11-15-20)19(2)13-7-12-18-16-8-5-4-6-9-16/h4-6,8-9,17-18H,3,7,10-15H2,1-2H3. The first-order valence-corrected chi connectivity index (χ1v) is 8.01. The lowest BCUT2D eigenvalue weighted by atomic mass is 10.0. The van der Waals surface area contributed by atoms with Gasteiger partial charge >= 0.3 is 0 Å². The van der Waals surface area contributed by atoms with Crippen LogP contribution in [0.4, 0.5) is 5.69 Å². The molecule has 1 aromatic rings. The molecule has 3 heteroatoms. The lowest BCUT2D eigenvalue weighted by molar-refractivity contribution is 0.131. The predicted octanol–water partition coefficient (Wildman–Crippen LogP) is 2.90. The second kappa shape index (κ2) is 8.28. The molecule has 0 atom stereocenters. The molecule has 1 saturated heterocycles. The molecule has 0 spiro atoms. The summed E-state index contributed by atoms with van der Waals surface area (Å²) in [5.74, 6) is 0. The Morgan fingerprint density at radius 2 is 1.90 bits per heavy atom. The van der Waals surface area contributed by atoms with E-state index in [2.05, 4.69) is 59.4 Å². The summed E-state index contributed by atoms with van der Waals surface area (Å²) in [7, 11) is 2.29. The van der Waals surface area contributed by atoms with Gasteiger partial charge in [-0.05, 0) is 64.6 Å². The Morgan fingerprint density at radius 3 is 2.55 bits per heavy atom. The summed E-state index contributed by atoms with van der Waals surface area (Å²) in [4.78, 5) is 5.11. The van der Waals surface area contributed by atoms with Crippen LogP contribution in [-0.2, 0) is 0 Å². The first kappa shape index (κ1) is 15.3. The molecular weight excluding hydrogens is 246 g/mol. The number of hydrogen-bond donors (Lipinski definition) is 1.